The van der Waals surface area contributed by atoms with Crippen molar-refractivity contribution in [2.45, 2.75) is 77.7 Å². The summed E-state index contributed by atoms with van der Waals surface area (Å²) < 4.78 is 0. The van der Waals surface area contributed by atoms with Crippen LogP contribution in [0.15, 0.2) is 0 Å². The van der Waals surface area contributed by atoms with Crippen LogP contribution in [0.2, 0.25) is 0 Å². The van der Waals surface area contributed by atoms with E-state index >= 15 is 0 Å². The van der Waals surface area contributed by atoms with E-state index in [2.05, 4.69) is 19.3 Å². The van der Waals surface area contributed by atoms with Crippen LogP contribution >= 0.6 is 0 Å². The highest BCUT2D eigenvalue weighted by atomic mass is 15.2. The predicted octanol–water partition coefficient (Wildman–Crippen LogP) is 4.11. The SMILES string of the molecule is CC1CC(C)CC(C(NN)C23CC4CC(CC(C4)C2)C3)C1. The molecule has 2 heteroatoms. The lowest BCUT2D eigenvalue weighted by Crippen LogP contribution is -2.60. The molecule has 0 radical (unpaired) electrons. The van der Waals surface area contributed by atoms with Gasteiger partial charge >= 0.3 is 0 Å². The molecule has 5 fully saturated rings. The fourth-order valence-corrected chi connectivity index (χ4v) is 7.65. The zero-order chi connectivity index (χ0) is 14.6. The third-order valence-electron chi connectivity index (χ3n) is 7.61. The van der Waals surface area contributed by atoms with E-state index in [0.717, 1.165) is 35.5 Å². The number of hydrogen-bond acceptors (Lipinski definition) is 2. The van der Waals surface area contributed by atoms with Gasteiger partial charge in [0, 0.05) is 6.04 Å². The molecule has 0 spiro atoms. The molecule has 2 nitrogen and oxygen atoms in total. The van der Waals surface area contributed by atoms with E-state index in [9.17, 15) is 0 Å². The number of nitrogens with one attached hydrogen (secondary N) is 1. The van der Waals surface area contributed by atoms with Crippen molar-refractivity contribution < 1.29 is 0 Å². The minimum Gasteiger partial charge on any atom is -0.271 e. The van der Waals surface area contributed by atoms with Gasteiger partial charge in [-0.15, -0.1) is 0 Å². The Bertz CT molecular complexity index is 346. The summed E-state index contributed by atoms with van der Waals surface area (Å²) in [5, 5.41) is 0. The summed E-state index contributed by atoms with van der Waals surface area (Å²) in [5.74, 6) is 11.9. The largest absolute Gasteiger partial charge is 0.271 e. The van der Waals surface area contributed by atoms with Gasteiger partial charge in [-0.25, -0.2) is 0 Å². The second kappa shape index (κ2) is 5.23. The Kier molecular flexibility index (Phi) is 3.61. The topological polar surface area (TPSA) is 38.0 Å². The average molecular weight is 290 g/mol. The fourth-order valence-electron chi connectivity index (χ4n) is 7.65. The van der Waals surface area contributed by atoms with Crippen molar-refractivity contribution in [1.29, 1.82) is 0 Å². The molecule has 5 aliphatic carbocycles. The van der Waals surface area contributed by atoms with E-state index in [1.807, 2.05) is 0 Å². The van der Waals surface area contributed by atoms with E-state index in [1.54, 1.807) is 0 Å². The molecule has 0 aromatic carbocycles. The van der Waals surface area contributed by atoms with Gasteiger partial charge < -0.3 is 0 Å². The van der Waals surface area contributed by atoms with Crippen LogP contribution < -0.4 is 11.3 Å². The summed E-state index contributed by atoms with van der Waals surface area (Å²) >= 11 is 0. The zero-order valence-electron chi connectivity index (χ0n) is 14.0. The molecule has 5 aliphatic rings. The first-order valence-corrected chi connectivity index (χ1v) is 9.54. The van der Waals surface area contributed by atoms with Gasteiger partial charge in [-0.05, 0) is 98.7 Å². The predicted molar refractivity (Wildman–Crippen MR) is 87.4 cm³/mol. The molecule has 3 N–H and O–H groups in total. The summed E-state index contributed by atoms with van der Waals surface area (Å²) in [6.45, 7) is 4.91. The third kappa shape index (κ3) is 2.47. The number of hydrogen-bond donors (Lipinski definition) is 2. The summed E-state index contributed by atoms with van der Waals surface area (Å²) in [5.41, 5.74) is 3.93. The Labute approximate surface area is 130 Å². The lowest BCUT2D eigenvalue weighted by Gasteiger charge is -2.61. The molecule has 21 heavy (non-hydrogen) atoms. The molecule has 3 atom stereocenters. The lowest BCUT2D eigenvalue weighted by molar-refractivity contribution is -0.0911. The van der Waals surface area contributed by atoms with Crippen molar-refractivity contribution in [3.05, 3.63) is 0 Å². The molecular weight excluding hydrogens is 256 g/mol. The second-order valence-electron chi connectivity index (χ2n) is 9.60. The first-order valence-electron chi connectivity index (χ1n) is 9.54. The van der Waals surface area contributed by atoms with Gasteiger partial charge in [-0.3, -0.25) is 11.3 Å². The number of rotatable bonds is 3. The van der Waals surface area contributed by atoms with Crippen LogP contribution in [0.5, 0.6) is 0 Å². The van der Waals surface area contributed by atoms with E-state index in [4.69, 9.17) is 5.84 Å². The average Bonchev–Trinajstić information content (AvgIpc) is 2.36. The summed E-state index contributed by atoms with van der Waals surface area (Å²) in [4.78, 5) is 0. The molecule has 120 valence electrons. The maximum Gasteiger partial charge on any atom is 0.0295 e. The molecule has 5 saturated carbocycles. The van der Waals surface area contributed by atoms with Crippen molar-refractivity contribution in [2.75, 3.05) is 0 Å². The van der Waals surface area contributed by atoms with E-state index in [0.29, 0.717) is 11.5 Å². The normalized spacial score (nSPS) is 53.9. The highest BCUT2D eigenvalue weighted by Gasteiger charge is 2.55. The molecule has 4 bridgehead atoms. The van der Waals surface area contributed by atoms with Gasteiger partial charge in [-0.2, -0.15) is 0 Å². The maximum absolute atomic E-state index is 6.17. The first-order chi connectivity index (χ1) is 10.1. The molecule has 0 aliphatic heterocycles. The van der Waals surface area contributed by atoms with Gasteiger partial charge in [0.15, 0.2) is 0 Å². The van der Waals surface area contributed by atoms with E-state index < -0.39 is 0 Å². The van der Waals surface area contributed by atoms with Crippen molar-refractivity contribution in [3.63, 3.8) is 0 Å². The Morgan fingerprint density at radius 1 is 0.810 bits per heavy atom. The molecule has 3 unspecified atom stereocenters. The molecule has 0 aromatic rings. The van der Waals surface area contributed by atoms with Crippen molar-refractivity contribution in [1.82, 2.24) is 5.43 Å². The van der Waals surface area contributed by atoms with Crippen LogP contribution in [0, 0.1) is 40.9 Å². The van der Waals surface area contributed by atoms with E-state index in [-0.39, 0.29) is 0 Å². The van der Waals surface area contributed by atoms with Gasteiger partial charge in [-0.1, -0.05) is 13.8 Å². The van der Waals surface area contributed by atoms with Gasteiger partial charge in [0.25, 0.3) is 0 Å². The molecule has 0 aromatic heterocycles. The summed E-state index contributed by atoms with van der Waals surface area (Å²) in [7, 11) is 0. The van der Waals surface area contributed by atoms with Crippen molar-refractivity contribution in [2.24, 2.45) is 46.8 Å². The Balaban J connectivity index is 1.57. The second-order valence-corrected chi connectivity index (χ2v) is 9.60. The van der Waals surface area contributed by atoms with Crippen molar-refractivity contribution >= 4 is 0 Å². The fraction of sp³-hybridized carbons (Fsp3) is 1.00. The maximum atomic E-state index is 6.17. The number of hydrazine groups is 1. The lowest BCUT2D eigenvalue weighted by atomic mass is 9.46. The van der Waals surface area contributed by atoms with Crippen LogP contribution in [0.25, 0.3) is 0 Å². The molecule has 0 amide bonds. The summed E-state index contributed by atoms with van der Waals surface area (Å²) in [6, 6.07) is 0.594. The first kappa shape index (κ1) is 14.5. The van der Waals surface area contributed by atoms with Crippen LogP contribution in [0.4, 0.5) is 0 Å². The Morgan fingerprint density at radius 3 is 1.71 bits per heavy atom. The summed E-state index contributed by atoms with van der Waals surface area (Å²) in [6.07, 6.45) is 13.3. The molecule has 5 rings (SSSR count). The van der Waals surface area contributed by atoms with Gasteiger partial charge in [0.2, 0.25) is 0 Å². The van der Waals surface area contributed by atoms with Crippen LogP contribution in [-0.2, 0) is 0 Å². The van der Waals surface area contributed by atoms with Gasteiger partial charge in [0.05, 0.1) is 0 Å². The quantitative estimate of drug-likeness (QED) is 0.606. The van der Waals surface area contributed by atoms with Crippen LogP contribution in [0.1, 0.15) is 71.6 Å². The number of nitrogens with two attached hydrogens (primary N) is 1. The molecular formula is C19H34N2. The molecule has 0 saturated heterocycles. The Hall–Kier alpha value is -0.0800. The highest BCUT2D eigenvalue weighted by Crippen LogP contribution is 2.62. The Morgan fingerprint density at radius 2 is 1.29 bits per heavy atom. The standard InChI is InChI=1S/C19H34N2/c1-12-3-13(2)5-17(4-12)18(21-20)19-9-14-6-15(10-19)8-16(7-14)11-19/h12-18,21H,3-11,20H2,1-2H3. The minimum atomic E-state index is 0.560. The minimum absolute atomic E-state index is 0.560. The zero-order valence-corrected chi connectivity index (χ0v) is 14.0. The molecule has 0 heterocycles. The van der Waals surface area contributed by atoms with Gasteiger partial charge in [0.1, 0.15) is 0 Å². The smallest absolute Gasteiger partial charge is 0.0295 e. The third-order valence-corrected chi connectivity index (χ3v) is 7.61. The van der Waals surface area contributed by atoms with Crippen molar-refractivity contribution in [3.8, 4) is 0 Å². The van der Waals surface area contributed by atoms with Crippen LogP contribution in [-0.4, -0.2) is 6.04 Å². The highest BCUT2D eigenvalue weighted by molar-refractivity contribution is 5.07. The van der Waals surface area contributed by atoms with Crippen LogP contribution in [0.3, 0.4) is 0 Å². The monoisotopic (exact) mass is 290 g/mol. The van der Waals surface area contributed by atoms with E-state index in [1.165, 1.54) is 57.8 Å².